The van der Waals surface area contributed by atoms with Gasteiger partial charge < -0.3 is 14.2 Å². The highest BCUT2D eigenvalue weighted by atomic mass is 16.6. The van der Waals surface area contributed by atoms with Crippen molar-refractivity contribution in [2.75, 3.05) is 13.2 Å². The van der Waals surface area contributed by atoms with Crippen LogP contribution in [0.2, 0.25) is 0 Å². The van der Waals surface area contributed by atoms with Gasteiger partial charge in [-0.05, 0) is 83.5 Å². The first-order valence-electron chi connectivity index (χ1n) is 31.7. The van der Waals surface area contributed by atoms with E-state index in [4.69, 9.17) is 14.2 Å². The van der Waals surface area contributed by atoms with Gasteiger partial charge in [-0.2, -0.15) is 0 Å². The maximum atomic E-state index is 12.8. The van der Waals surface area contributed by atoms with Gasteiger partial charge in [0, 0.05) is 19.3 Å². The van der Waals surface area contributed by atoms with Crippen LogP contribution in [-0.4, -0.2) is 37.2 Å². The highest BCUT2D eigenvalue weighted by Crippen LogP contribution is 2.16. The van der Waals surface area contributed by atoms with Gasteiger partial charge in [-0.3, -0.25) is 14.4 Å². The molecule has 1 unspecified atom stereocenters. The smallest absolute Gasteiger partial charge is 0.306 e. The van der Waals surface area contributed by atoms with Crippen LogP contribution in [0.1, 0.15) is 303 Å². The summed E-state index contributed by atoms with van der Waals surface area (Å²) < 4.78 is 16.8. The molecule has 0 spiro atoms. The van der Waals surface area contributed by atoms with Crippen molar-refractivity contribution >= 4 is 17.9 Å². The van der Waals surface area contributed by atoms with Gasteiger partial charge >= 0.3 is 17.9 Å². The van der Waals surface area contributed by atoms with Crippen molar-refractivity contribution in [1.82, 2.24) is 0 Å². The van der Waals surface area contributed by atoms with Gasteiger partial charge in [-0.1, -0.05) is 298 Å². The van der Waals surface area contributed by atoms with Crippen molar-refractivity contribution in [2.45, 2.75) is 309 Å². The second kappa shape index (κ2) is 62.9. The minimum Gasteiger partial charge on any atom is -0.462 e. The van der Waals surface area contributed by atoms with E-state index in [-0.39, 0.29) is 31.1 Å². The van der Waals surface area contributed by atoms with E-state index in [2.05, 4.69) is 118 Å². The van der Waals surface area contributed by atoms with E-state index in [1.54, 1.807) is 0 Å². The quantitative estimate of drug-likeness (QED) is 0.0261. The Morgan fingerprint density at radius 2 is 0.520 bits per heavy atom. The number of hydrogen-bond acceptors (Lipinski definition) is 6. The molecule has 6 nitrogen and oxygen atoms in total. The zero-order valence-electron chi connectivity index (χ0n) is 49.3. The summed E-state index contributed by atoms with van der Waals surface area (Å²) in [5.41, 5.74) is 0. The van der Waals surface area contributed by atoms with Crippen LogP contribution in [0, 0.1) is 0 Å². The predicted molar refractivity (Wildman–Crippen MR) is 325 cm³/mol. The van der Waals surface area contributed by atoms with Crippen LogP contribution in [-0.2, 0) is 28.6 Å². The largest absolute Gasteiger partial charge is 0.462 e. The third kappa shape index (κ3) is 61.1. The molecule has 0 N–H and O–H groups in total. The summed E-state index contributed by atoms with van der Waals surface area (Å²) in [5, 5.41) is 0. The zero-order chi connectivity index (χ0) is 54.3. The summed E-state index contributed by atoms with van der Waals surface area (Å²) in [6.45, 7) is 6.49. The van der Waals surface area contributed by atoms with Crippen LogP contribution < -0.4 is 0 Å². The number of esters is 3. The minimum atomic E-state index is -0.773. The molecule has 0 radical (unpaired) electrons. The van der Waals surface area contributed by atoms with E-state index in [9.17, 15) is 14.4 Å². The van der Waals surface area contributed by atoms with Crippen molar-refractivity contribution < 1.29 is 28.6 Å². The van der Waals surface area contributed by atoms with Crippen LogP contribution in [0.4, 0.5) is 0 Å². The standard InChI is InChI=1S/C69H118O6/c1-4-7-10-13-16-18-20-22-24-26-27-28-29-30-31-32-33-34-35-36-37-38-39-40-41-42-43-44-46-47-49-51-53-56-59-62-68(71)74-65-66(64-73-67(70)61-58-55-15-12-9-6-3)75-69(72)63-60-57-54-52-50-48-45-25-23-21-19-17-14-11-8-5-2/h7,10,16,18,22,24,27-28,30-31,33-34,36-37,39-40,66H,4-6,8-9,11-15,17,19-21,23,25-26,29,32,35,38,41-65H2,1-3H3/b10-7-,18-16-,24-22-,28-27-,31-30-,34-33-,37-36-,40-39-. The molecule has 0 heterocycles. The summed E-state index contributed by atoms with van der Waals surface area (Å²) in [6.07, 6.45) is 84.5. The Kier molecular flexibility index (Phi) is 59.8. The molecule has 6 heteroatoms. The van der Waals surface area contributed by atoms with Crippen LogP contribution in [0.25, 0.3) is 0 Å². The van der Waals surface area contributed by atoms with Crippen molar-refractivity contribution in [3.8, 4) is 0 Å². The molecule has 0 aromatic rings. The highest BCUT2D eigenvalue weighted by molar-refractivity contribution is 5.71. The Hall–Kier alpha value is -3.67. The number of hydrogen-bond donors (Lipinski definition) is 0. The molecule has 430 valence electrons. The lowest BCUT2D eigenvalue weighted by Crippen LogP contribution is -2.30. The van der Waals surface area contributed by atoms with Gasteiger partial charge in [0.05, 0.1) is 0 Å². The van der Waals surface area contributed by atoms with Gasteiger partial charge in [0.15, 0.2) is 6.10 Å². The van der Waals surface area contributed by atoms with E-state index in [1.807, 2.05) is 0 Å². The van der Waals surface area contributed by atoms with E-state index in [0.717, 1.165) is 109 Å². The molecule has 0 fully saturated rings. The van der Waals surface area contributed by atoms with Crippen molar-refractivity contribution in [1.29, 1.82) is 0 Å². The van der Waals surface area contributed by atoms with Gasteiger partial charge in [0.1, 0.15) is 13.2 Å². The van der Waals surface area contributed by atoms with Gasteiger partial charge in [0.2, 0.25) is 0 Å². The lowest BCUT2D eigenvalue weighted by Gasteiger charge is -2.18. The number of unbranched alkanes of at least 4 members (excludes halogenated alkanes) is 30. The van der Waals surface area contributed by atoms with Crippen LogP contribution in [0.3, 0.4) is 0 Å². The monoisotopic (exact) mass is 1040 g/mol. The molecular weight excluding hydrogens is 925 g/mol. The van der Waals surface area contributed by atoms with Gasteiger partial charge in [0.25, 0.3) is 0 Å². The molecule has 0 amide bonds. The number of carbonyl (C=O) groups is 3. The molecule has 0 aromatic carbocycles. The third-order valence-corrected chi connectivity index (χ3v) is 13.6. The fourth-order valence-electron chi connectivity index (χ4n) is 8.87. The molecular formula is C69H118O6. The molecule has 0 aliphatic heterocycles. The average molecular weight is 1040 g/mol. The summed E-state index contributed by atoms with van der Waals surface area (Å²) in [5.74, 6) is -0.879. The Morgan fingerprint density at radius 1 is 0.280 bits per heavy atom. The van der Waals surface area contributed by atoms with Crippen molar-refractivity contribution in [2.24, 2.45) is 0 Å². The van der Waals surface area contributed by atoms with Gasteiger partial charge in [-0.15, -0.1) is 0 Å². The minimum absolute atomic E-state index is 0.0746. The first-order valence-corrected chi connectivity index (χ1v) is 31.7. The Morgan fingerprint density at radius 3 is 0.813 bits per heavy atom. The number of rotatable bonds is 57. The fourth-order valence-corrected chi connectivity index (χ4v) is 8.87. The first-order chi connectivity index (χ1) is 37.0. The fraction of sp³-hybridized carbons (Fsp3) is 0.725. The molecule has 0 rings (SSSR count). The third-order valence-electron chi connectivity index (χ3n) is 13.6. The Bertz CT molecular complexity index is 1480. The van der Waals surface area contributed by atoms with E-state index in [1.165, 1.54) is 154 Å². The molecule has 0 bridgehead atoms. The van der Waals surface area contributed by atoms with E-state index in [0.29, 0.717) is 19.3 Å². The molecule has 0 aromatic heterocycles. The SMILES string of the molecule is CC/C=C\C/C=C\C/C=C\C/C=C\C/C=C\C/C=C\C/C=C\C/C=C\CCCCCCCCCCCCC(=O)OCC(COC(=O)CCCCCCCC)OC(=O)CCCCCCCCCCCCCCCCCC. The Balaban J connectivity index is 4.04. The maximum Gasteiger partial charge on any atom is 0.306 e. The van der Waals surface area contributed by atoms with Crippen LogP contribution in [0.5, 0.6) is 0 Å². The van der Waals surface area contributed by atoms with Crippen LogP contribution >= 0.6 is 0 Å². The lowest BCUT2D eigenvalue weighted by atomic mass is 10.0. The highest BCUT2D eigenvalue weighted by Gasteiger charge is 2.19. The summed E-state index contributed by atoms with van der Waals surface area (Å²) >= 11 is 0. The molecule has 75 heavy (non-hydrogen) atoms. The van der Waals surface area contributed by atoms with Gasteiger partial charge in [-0.25, -0.2) is 0 Å². The predicted octanol–water partition coefficient (Wildman–Crippen LogP) is 21.7. The lowest BCUT2D eigenvalue weighted by molar-refractivity contribution is -0.167. The molecule has 0 aliphatic rings. The first kappa shape index (κ1) is 71.3. The van der Waals surface area contributed by atoms with E-state index < -0.39 is 6.10 Å². The van der Waals surface area contributed by atoms with Crippen molar-refractivity contribution in [3.05, 3.63) is 97.2 Å². The average Bonchev–Trinajstić information content (AvgIpc) is 3.41. The molecule has 0 saturated heterocycles. The summed E-state index contributed by atoms with van der Waals surface area (Å²) in [6, 6.07) is 0. The molecule has 0 aliphatic carbocycles. The summed E-state index contributed by atoms with van der Waals surface area (Å²) in [7, 11) is 0. The molecule has 1 atom stereocenters. The molecule has 0 saturated carbocycles. The second-order valence-electron chi connectivity index (χ2n) is 21.0. The second-order valence-corrected chi connectivity index (χ2v) is 21.0. The zero-order valence-corrected chi connectivity index (χ0v) is 49.3. The Labute approximate surface area is 464 Å². The maximum absolute atomic E-state index is 12.8. The van der Waals surface area contributed by atoms with Crippen LogP contribution in [0.15, 0.2) is 97.2 Å². The number of allylic oxidation sites excluding steroid dienone is 16. The number of carbonyl (C=O) groups excluding carboxylic acids is 3. The van der Waals surface area contributed by atoms with E-state index >= 15 is 0 Å². The number of ether oxygens (including phenoxy) is 3. The normalized spacial score (nSPS) is 12.7. The summed E-state index contributed by atoms with van der Waals surface area (Å²) in [4.78, 5) is 37.9. The van der Waals surface area contributed by atoms with Crippen molar-refractivity contribution in [3.63, 3.8) is 0 Å². The topological polar surface area (TPSA) is 78.9 Å².